The molecule has 5 nitrogen and oxygen atoms in total. The number of hydrogen-bond acceptors (Lipinski definition) is 4. The first-order valence-corrected chi connectivity index (χ1v) is 6.08. The number of nitrogens with zero attached hydrogens (tertiary/aromatic N) is 3. The van der Waals surface area contributed by atoms with Crippen LogP contribution < -0.4 is 0 Å². The van der Waals surface area contributed by atoms with Crippen LogP contribution in [0.1, 0.15) is 12.5 Å². The third-order valence-electron chi connectivity index (χ3n) is 3.06. The molecule has 1 unspecified atom stereocenters. The Morgan fingerprint density at radius 2 is 2.21 bits per heavy atom. The normalized spacial score (nSPS) is 26.7. The van der Waals surface area contributed by atoms with Crippen molar-refractivity contribution in [2.75, 3.05) is 6.61 Å². The SMILES string of the molecule is C[C@H]1COC(Cn2cncn2)(c2ccc(F)cc2)O1. The standard InChI is InChI=1S/C13H14FN3O2/c1-10-6-18-13(19-10,7-17-9-15-8-16-17)11-2-4-12(14)5-3-11/h2-5,8-10H,6-7H2,1H3/t10-,13?/m0/s1. The fourth-order valence-corrected chi connectivity index (χ4v) is 2.20. The minimum absolute atomic E-state index is 0.0198. The summed E-state index contributed by atoms with van der Waals surface area (Å²) in [6, 6.07) is 6.14. The van der Waals surface area contributed by atoms with Gasteiger partial charge in [0, 0.05) is 5.56 Å². The van der Waals surface area contributed by atoms with Gasteiger partial charge in [0.05, 0.1) is 12.7 Å². The highest BCUT2D eigenvalue weighted by atomic mass is 19.1. The van der Waals surface area contributed by atoms with Crippen LogP contribution in [0.25, 0.3) is 0 Å². The maximum Gasteiger partial charge on any atom is 0.215 e. The van der Waals surface area contributed by atoms with Crippen LogP contribution in [-0.4, -0.2) is 27.5 Å². The maximum atomic E-state index is 13.0. The molecular formula is C13H14FN3O2. The number of rotatable bonds is 3. The van der Waals surface area contributed by atoms with E-state index in [1.165, 1.54) is 18.5 Å². The lowest BCUT2D eigenvalue weighted by Crippen LogP contribution is -2.33. The van der Waals surface area contributed by atoms with Crippen LogP contribution in [-0.2, 0) is 21.8 Å². The summed E-state index contributed by atoms with van der Waals surface area (Å²) >= 11 is 0. The third-order valence-corrected chi connectivity index (χ3v) is 3.06. The first kappa shape index (κ1) is 12.3. The molecule has 0 aliphatic carbocycles. The highest BCUT2D eigenvalue weighted by Gasteiger charge is 2.42. The molecule has 0 N–H and O–H groups in total. The van der Waals surface area contributed by atoms with Crippen molar-refractivity contribution in [3.8, 4) is 0 Å². The molecule has 1 aromatic heterocycles. The number of aromatic nitrogens is 3. The summed E-state index contributed by atoms with van der Waals surface area (Å²) in [5.41, 5.74) is 0.772. The first-order valence-electron chi connectivity index (χ1n) is 6.08. The monoisotopic (exact) mass is 263 g/mol. The average Bonchev–Trinajstić information content (AvgIpc) is 3.01. The second-order valence-electron chi connectivity index (χ2n) is 4.59. The Morgan fingerprint density at radius 3 is 2.79 bits per heavy atom. The molecule has 1 aliphatic rings. The van der Waals surface area contributed by atoms with Gasteiger partial charge in [0.25, 0.3) is 0 Å². The van der Waals surface area contributed by atoms with Crippen LogP contribution in [0.4, 0.5) is 4.39 Å². The van der Waals surface area contributed by atoms with Gasteiger partial charge in [-0.2, -0.15) is 5.10 Å². The molecule has 1 saturated heterocycles. The largest absolute Gasteiger partial charge is 0.342 e. The Labute approximate surface area is 110 Å². The van der Waals surface area contributed by atoms with Gasteiger partial charge < -0.3 is 9.47 Å². The zero-order chi connectivity index (χ0) is 13.3. The Kier molecular flexibility index (Phi) is 3.04. The maximum absolute atomic E-state index is 13.0. The van der Waals surface area contributed by atoms with E-state index in [4.69, 9.17) is 9.47 Å². The van der Waals surface area contributed by atoms with E-state index in [2.05, 4.69) is 10.1 Å². The van der Waals surface area contributed by atoms with Crippen LogP contribution in [0.3, 0.4) is 0 Å². The van der Waals surface area contributed by atoms with Gasteiger partial charge in [0.15, 0.2) is 0 Å². The minimum atomic E-state index is -0.930. The lowest BCUT2D eigenvalue weighted by Gasteiger charge is -2.28. The lowest BCUT2D eigenvalue weighted by atomic mass is 10.1. The van der Waals surface area contributed by atoms with Crippen molar-refractivity contribution in [3.63, 3.8) is 0 Å². The highest BCUT2D eigenvalue weighted by molar-refractivity contribution is 5.22. The molecule has 0 saturated carbocycles. The van der Waals surface area contributed by atoms with Gasteiger partial charge in [-0.05, 0) is 19.1 Å². The van der Waals surface area contributed by atoms with Gasteiger partial charge >= 0.3 is 0 Å². The Hall–Kier alpha value is -1.79. The van der Waals surface area contributed by atoms with Crippen molar-refractivity contribution in [1.82, 2.24) is 14.8 Å². The Morgan fingerprint density at radius 1 is 1.42 bits per heavy atom. The summed E-state index contributed by atoms with van der Waals surface area (Å²) in [5.74, 6) is -1.22. The molecule has 2 heterocycles. The van der Waals surface area contributed by atoms with Crippen molar-refractivity contribution in [2.45, 2.75) is 25.4 Å². The van der Waals surface area contributed by atoms with E-state index in [9.17, 15) is 4.39 Å². The second kappa shape index (κ2) is 4.71. The molecule has 0 radical (unpaired) electrons. The highest BCUT2D eigenvalue weighted by Crippen LogP contribution is 2.35. The molecule has 2 aromatic rings. The van der Waals surface area contributed by atoms with Crippen LogP contribution in [0, 0.1) is 5.82 Å². The molecule has 19 heavy (non-hydrogen) atoms. The predicted octanol–water partition coefficient (Wildman–Crippen LogP) is 1.71. The summed E-state index contributed by atoms with van der Waals surface area (Å²) in [7, 11) is 0. The van der Waals surface area contributed by atoms with Crippen LogP contribution in [0.5, 0.6) is 0 Å². The van der Waals surface area contributed by atoms with Gasteiger partial charge in [-0.3, -0.25) is 0 Å². The Bertz CT molecular complexity index is 544. The van der Waals surface area contributed by atoms with Gasteiger partial charge in [-0.25, -0.2) is 14.1 Å². The number of halogens is 1. The quantitative estimate of drug-likeness (QED) is 0.845. The van der Waals surface area contributed by atoms with E-state index in [-0.39, 0.29) is 11.9 Å². The van der Waals surface area contributed by atoms with E-state index in [0.717, 1.165) is 5.56 Å². The molecule has 1 aliphatic heterocycles. The molecule has 0 bridgehead atoms. The molecule has 6 heteroatoms. The molecule has 0 spiro atoms. The van der Waals surface area contributed by atoms with Gasteiger partial charge in [-0.1, -0.05) is 12.1 Å². The van der Waals surface area contributed by atoms with Crippen molar-refractivity contribution in [1.29, 1.82) is 0 Å². The molecule has 1 aromatic carbocycles. The van der Waals surface area contributed by atoms with E-state index in [0.29, 0.717) is 13.2 Å². The van der Waals surface area contributed by atoms with E-state index in [1.54, 1.807) is 23.1 Å². The van der Waals surface area contributed by atoms with Gasteiger partial charge in [-0.15, -0.1) is 0 Å². The number of ether oxygens (including phenoxy) is 2. The third kappa shape index (κ3) is 2.36. The average molecular weight is 263 g/mol. The smallest absolute Gasteiger partial charge is 0.215 e. The van der Waals surface area contributed by atoms with Crippen LogP contribution in [0.15, 0.2) is 36.9 Å². The number of hydrogen-bond donors (Lipinski definition) is 0. The molecule has 3 rings (SSSR count). The fraction of sp³-hybridized carbons (Fsp3) is 0.385. The van der Waals surface area contributed by atoms with Crippen LogP contribution >= 0.6 is 0 Å². The molecular weight excluding hydrogens is 249 g/mol. The summed E-state index contributed by atoms with van der Waals surface area (Å²) in [6.45, 7) is 2.81. The van der Waals surface area contributed by atoms with Crippen molar-refractivity contribution >= 4 is 0 Å². The number of benzene rings is 1. The molecule has 100 valence electrons. The summed E-state index contributed by atoms with van der Waals surface area (Å²) < 4.78 is 26.4. The lowest BCUT2D eigenvalue weighted by molar-refractivity contribution is -0.186. The van der Waals surface area contributed by atoms with Crippen molar-refractivity contribution in [3.05, 3.63) is 48.3 Å². The minimum Gasteiger partial charge on any atom is -0.342 e. The fourth-order valence-electron chi connectivity index (χ4n) is 2.20. The van der Waals surface area contributed by atoms with Gasteiger partial charge in [0.1, 0.15) is 25.0 Å². The van der Waals surface area contributed by atoms with E-state index >= 15 is 0 Å². The molecule has 0 amide bonds. The predicted molar refractivity (Wildman–Crippen MR) is 64.6 cm³/mol. The summed E-state index contributed by atoms with van der Waals surface area (Å²) in [5, 5.41) is 4.06. The van der Waals surface area contributed by atoms with E-state index < -0.39 is 5.79 Å². The van der Waals surface area contributed by atoms with E-state index in [1.807, 2.05) is 6.92 Å². The second-order valence-corrected chi connectivity index (χ2v) is 4.59. The van der Waals surface area contributed by atoms with Crippen molar-refractivity contribution < 1.29 is 13.9 Å². The zero-order valence-electron chi connectivity index (χ0n) is 10.5. The Balaban J connectivity index is 1.95. The molecule has 2 atom stereocenters. The van der Waals surface area contributed by atoms with Crippen molar-refractivity contribution in [2.24, 2.45) is 0 Å². The summed E-state index contributed by atoms with van der Waals surface area (Å²) in [4.78, 5) is 3.90. The first-order chi connectivity index (χ1) is 9.18. The zero-order valence-corrected chi connectivity index (χ0v) is 10.5. The van der Waals surface area contributed by atoms with Gasteiger partial charge in [0.2, 0.25) is 5.79 Å². The van der Waals surface area contributed by atoms with Crippen LogP contribution in [0.2, 0.25) is 0 Å². The molecule has 1 fully saturated rings. The summed E-state index contributed by atoms with van der Waals surface area (Å²) in [6.07, 6.45) is 3.03. The topological polar surface area (TPSA) is 49.2 Å².